The summed E-state index contributed by atoms with van der Waals surface area (Å²) < 4.78 is 73.0. The number of carbonyl (C=O) groups is 1. The van der Waals surface area contributed by atoms with Crippen LogP contribution in [0.2, 0.25) is 0 Å². The molecule has 0 aromatic heterocycles. The number of amides is 1. The molecule has 1 unspecified atom stereocenters. The van der Waals surface area contributed by atoms with Gasteiger partial charge in [-0.05, 0) is 41.5 Å². The molecule has 1 amide bonds. The molecule has 5 nitrogen and oxygen atoms in total. The van der Waals surface area contributed by atoms with E-state index in [1.807, 2.05) is 26.0 Å². The highest BCUT2D eigenvalue weighted by Gasteiger charge is 2.58. The van der Waals surface area contributed by atoms with Crippen LogP contribution in [0.15, 0.2) is 61.2 Å². The third kappa shape index (κ3) is 7.18. The van der Waals surface area contributed by atoms with Gasteiger partial charge in [0.15, 0.2) is 6.61 Å². The van der Waals surface area contributed by atoms with E-state index in [1.165, 1.54) is 12.1 Å². The summed E-state index contributed by atoms with van der Waals surface area (Å²) >= 11 is 0. The Hall–Kier alpha value is -3.14. The summed E-state index contributed by atoms with van der Waals surface area (Å²) in [5.74, 6) is -4.94. The van der Waals surface area contributed by atoms with Gasteiger partial charge >= 0.3 is 12.1 Å². The quantitative estimate of drug-likeness (QED) is 0.358. The Morgan fingerprint density at radius 1 is 0.971 bits per heavy atom. The van der Waals surface area contributed by atoms with Crippen molar-refractivity contribution in [1.29, 1.82) is 0 Å². The van der Waals surface area contributed by atoms with Crippen molar-refractivity contribution >= 4 is 5.91 Å². The molecule has 2 aromatic carbocycles. The Kier molecular flexibility index (Phi) is 8.66. The van der Waals surface area contributed by atoms with Crippen LogP contribution in [0.4, 0.5) is 22.0 Å². The largest absolute Gasteiger partial charge is 0.491 e. The maximum absolute atomic E-state index is 13.0. The van der Waals surface area contributed by atoms with Crippen LogP contribution in [0.1, 0.15) is 25.0 Å². The number of nitrogens with one attached hydrogen (secondary N) is 1. The first-order valence-corrected chi connectivity index (χ1v) is 10.3. The Bertz CT molecular complexity index is 957. The van der Waals surface area contributed by atoms with Gasteiger partial charge in [-0.2, -0.15) is 22.0 Å². The molecule has 1 atom stereocenters. The van der Waals surface area contributed by atoms with Gasteiger partial charge in [0.25, 0.3) is 0 Å². The van der Waals surface area contributed by atoms with Crippen LogP contribution >= 0.6 is 0 Å². The average Bonchev–Trinajstić information content (AvgIpc) is 2.79. The van der Waals surface area contributed by atoms with Crippen molar-refractivity contribution in [1.82, 2.24) is 5.32 Å². The predicted octanol–water partition coefficient (Wildman–Crippen LogP) is 4.63. The van der Waals surface area contributed by atoms with Gasteiger partial charge in [-0.3, -0.25) is 4.79 Å². The van der Waals surface area contributed by atoms with Gasteiger partial charge in [-0.15, -0.1) is 0 Å². The number of hydrogen-bond donors (Lipinski definition) is 2. The first-order chi connectivity index (χ1) is 15.8. The van der Waals surface area contributed by atoms with E-state index in [2.05, 4.69) is 16.6 Å². The van der Waals surface area contributed by atoms with E-state index in [9.17, 15) is 31.9 Å². The summed E-state index contributed by atoms with van der Waals surface area (Å²) in [6.45, 7) is 5.34. The number of rotatable bonds is 11. The Labute approximate surface area is 194 Å². The fourth-order valence-electron chi connectivity index (χ4n) is 2.90. The van der Waals surface area contributed by atoms with Crippen LogP contribution in [-0.2, 0) is 10.2 Å². The monoisotopic (exact) mass is 487 g/mol. The number of halogens is 5. The van der Waals surface area contributed by atoms with Crippen LogP contribution in [-0.4, -0.2) is 49.0 Å². The Morgan fingerprint density at radius 2 is 1.44 bits per heavy atom. The Morgan fingerprint density at radius 3 is 1.88 bits per heavy atom. The van der Waals surface area contributed by atoms with Crippen LogP contribution in [0, 0.1) is 0 Å². The molecule has 0 spiro atoms. The summed E-state index contributed by atoms with van der Waals surface area (Å²) in [4.78, 5) is 11.1. The normalized spacial score (nSPS) is 13.2. The first kappa shape index (κ1) is 27.1. The number of benzene rings is 2. The van der Waals surface area contributed by atoms with Crippen LogP contribution in [0.3, 0.4) is 0 Å². The van der Waals surface area contributed by atoms with Crippen molar-refractivity contribution < 1.29 is 41.3 Å². The molecule has 186 valence electrons. The van der Waals surface area contributed by atoms with Crippen molar-refractivity contribution in [2.24, 2.45) is 0 Å². The molecular weight excluding hydrogens is 461 g/mol. The van der Waals surface area contributed by atoms with Gasteiger partial charge in [0.05, 0.1) is 0 Å². The van der Waals surface area contributed by atoms with Crippen molar-refractivity contribution in [3.63, 3.8) is 0 Å². The lowest BCUT2D eigenvalue weighted by Crippen LogP contribution is -2.41. The molecule has 0 radical (unpaired) electrons. The molecule has 10 heteroatoms. The highest BCUT2D eigenvalue weighted by atomic mass is 19.4. The van der Waals surface area contributed by atoms with Crippen LogP contribution in [0.25, 0.3) is 0 Å². The van der Waals surface area contributed by atoms with E-state index in [-0.39, 0.29) is 18.9 Å². The molecule has 0 saturated heterocycles. The lowest BCUT2D eigenvalue weighted by molar-refractivity contribution is -0.290. The molecule has 0 fully saturated rings. The van der Waals surface area contributed by atoms with E-state index >= 15 is 0 Å². The maximum atomic E-state index is 13.0. The standard InChI is InChI=1S/C24H26F5NO4/c1-4-21(32)30-13-18(31)14-33-19-9-5-16(6-10-19)22(2,3)17-7-11-20(12-8-17)34-15-23(25,26)24(27,28)29/h4-12,18,31H,1,13-15H2,2-3H3,(H,30,32). The molecule has 2 N–H and O–H groups in total. The second-order valence-corrected chi connectivity index (χ2v) is 8.08. The second kappa shape index (κ2) is 10.9. The summed E-state index contributed by atoms with van der Waals surface area (Å²) in [6, 6.07) is 12.9. The number of alkyl halides is 5. The zero-order valence-corrected chi connectivity index (χ0v) is 18.7. The number of aliphatic hydroxyl groups is 1. The van der Waals surface area contributed by atoms with E-state index in [0.717, 1.165) is 17.2 Å². The van der Waals surface area contributed by atoms with Crippen molar-refractivity contribution in [3.05, 3.63) is 72.3 Å². The van der Waals surface area contributed by atoms with Crippen LogP contribution < -0.4 is 14.8 Å². The summed E-state index contributed by atoms with van der Waals surface area (Å²) in [6.07, 6.45) is -5.48. The molecular formula is C24H26F5NO4. The first-order valence-electron chi connectivity index (χ1n) is 10.3. The fraction of sp³-hybridized carbons (Fsp3) is 0.375. The summed E-state index contributed by atoms with van der Waals surface area (Å²) in [7, 11) is 0. The number of ether oxygens (including phenoxy) is 2. The highest BCUT2D eigenvalue weighted by Crippen LogP contribution is 2.36. The molecule has 0 bridgehead atoms. The molecule has 0 aliphatic rings. The maximum Gasteiger partial charge on any atom is 0.456 e. The third-order valence-corrected chi connectivity index (χ3v) is 5.13. The van der Waals surface area contributed by atoms with Gasteiger partial charge in [0, 0.05) is 12.0 Å². The average molecular weight is 487 g/mol. The van der Waals surface area contributed by atoms with E-state index in [1.54, 1.807) is 24.3 Å². The van der Waals surface area contributed by atoms with Gasteiger partial charge < -0.3 is 19.9 Å². The number of carbonyl (C=O) groups excluding carboxylic acids is 1. The van der Waals surface area contributed by atoms with Crippen molar-refractivity contribution in [2.75, 3.05) is 19.8 Å². The van der Waals surface area contributed by atoms with E-state index in [0.29, 0.717) is 5.75 Å². The van der Waals surface area contributed by atoms with Gasteiger partial charge in [-0.1, -0.05) is 44.7 Å². The zero-order chi connectivity index (χ0) is 25.6. The van der Waals surface area contributed by atoms with Crippen molar-refractivity contribution in [3.8, 4) is 11.5 Å². The fourth-order valence-corrected chi connectivity index (χ4v) is 2.90. The minimum atomic E-state index is -5.68. The second-order valence-electron chi connectivity index (χ2n) is 8.08. The lowest BCUT2D eigenvalue weighted by atomic mass is 9.78. The number of hydrogen-bond acceptors (Lipinski definition) is 4. The Balaban J connectivity index is 1.97. The summed E-state index contributed by atoms with van der Waals surface area (Å²) in [5, 5.41) is 12.3. The van der Waals surface area contributed by atoms with Crippen LogP contribution in [0.5, 0.6) is 11.5 Å². The lowest BCUT2D eigenvalue weighted by Gasteiger charge is -2.27. The molecule has 0 heterocycles. The molecule has 2 rings (SSSR count). The van der Waals surface area contributed by atoms with Gasteiger partial charge in [-0.25, -0.2) is 0 Å². The van der Waals surface area contributed by atoms with E-state index < -0.39 is 36.1 Å². The molecule has 0 aliphatic carbocycles. The van der Waals surface area contributed by atoms with Crippen molar-refractivity contribution in [2.45, 2.75) is 37.5 Å². The molecule has 0 aliphatic heterocycles. The molecule has 0 saturated carbocycles. The predicted molar refractivity (Wildman–Crippen MR) is 116 cm³/mol. The third-order valence-electron chi connectivity index (χ3n) is 5.13. The van der Waals surface area contributed by atoms with Gasteiger partial charge in [0.1, 0.15) is 24.2 Å². The zero-order valence-electron chi connectivity index (χ0n) is 18.7. The molecule has 2 aromatic rings. The minimum absolute atomic E-state index is 0.0174. The number of aliphatic hydroxyl groups excluding tert-OH is 1. The van der Waals surface area contributed by atoms with E-state index in [4.69, 9.17) is 4.74 Å². The SMILES string of the molecule is C=CC(=O)NCC(O)COc1ccc(C(C)(C)c2ccc(OCC(F)(F)C(F)(F)F)cc2)cc1. The smallest absolute Gasteiger partial charge is 0.456 e. The highest BCUT2D eigenvalue weighted by molar-refractivity contribution is 5.86. The summed E-state index contributed by atoms with van der Waals surface area (Å²) in [5.41, 5.74) is 1.14. The topological polar surface area (TPSA) is 67.8 Å². The minimum Gasteiger partial charge on any atom is -0.491 e. The van der Waals surface area contributed by atoms with Gasteiger partial charge in [0.2, 0.25) is 5.91 Å². The molecule has 34 heavy (non-hydrogen) atoms.